The molecule has 0 atom stereocenters. The maximum Gasteiger partial charge on any atom is 0.243 e. The van der Waals surface area contributed by atoms with E-state index >= 15 is 0 Å². The molecular formula is C32H34FNO4S2. The van der Waals surface area contributed by atoms with Crippen LogP contribution in [0.4, 0.5) is 4.39 Å². The second-order valence-electron chi connectivity index (χ2n) is 10.0. The topological polar surface area (TPSA) is 71.5 Å². The van der Waals surface area contributed by atoms with Gasteiger partial charge in [0.25, 0.3) is 0 Å². The van der Waals surface area contributed by atoms with E-state index in [0.29, 0.717) is 16.7 Å². The van der Waals surface area contributed by atoms with Crippen molar-refractivity contribution in [2.45, 2.75) is 50.5 Å². The Kier molecular flexibility index (Phi) is 8.93. The zero-order valence-electron chi connectivity index (χ0n) is 23.2. The number of sulfone groups is 1. The number of benzene rings is 4. The first-order valence-electron chi connectivity index (χ1n) is 13.2. The van der Waals surface area contributed by atoms with Crippen LogP contribution in [0.2, 0.25) is 0 Å². The van der Waals surface area contributed by atoms with Crippen molar-refractivity contribution in [2.24, 2.45) is 0 Å². The van der Waals surface area contributed by atoms with Crippen LogP contribution in [0.1, 0.15) is 34.7 Å². The Bertz CT molecular complexity index is 1710. The fraction of sp³-hybridized carbons (Fsp3) is 0.250. The van der Waals surface area contributed by atoms with Crippen LogP contribution < -0.4 is 0 Å². The van der Waals surface area contributed by atoms with Crippen molar-refractivity contribution < 1.29 is 21.2 Å². The fourth-order valence-corrected chi connectivity index (χ4v) is 7.74. The molecule has 210 valence electrons. The minimum absolute atomic E-state index is 0.0203. The molecule has 0 N–H and O–H groups in total. The lowest BCUT2D eigenvalue weighted by atomic mass is 10.0. The van der Waals surface area contributed by atoms with Crippen molar-refractivity contribution in [3.8, 4) is 11.1 Å². The molecule has 0 saturated carbocycles. The van der Waals surface area contributed by atoms with Crippen molar-refractivity contribution >= 4 is 19.9 Å². The van der Waals surface area contributed by atoms with Gasteiger partial charge < -0.3 is 0 Å². The number of hydrogen-bond acceptors (Lipinski definition) is 4. The summed E-state index contributed by atoms with van der Waals surface area (Å²) in [5, 5.41) is 0. The van der Waals surface area contributed by atoms with Gasteiger partial charge in [0.15, 0.2) is 9.84 Å². The summed E-state index contributed by atoms with van der Waals surface area (Å²) in [6, 6.07) is 24.3. The Labute approximate surface area is 237 Å². The fourth-order valence-electron chi connectivity index (χ4n) is 4.98. The van der Waals surface area contributed by atoms with Crippen molar-refractivity contribution in [3.63, 3.8) is 0 Å². The van der Waals surface area contributed by atoms with Crippen molar-refractivity contribution in [1.29, 1.82) is 0 Å². The Morgan fingerprint density at radius 1 is 0.750 bits per heavy atom. The predicted octanol–water partition coefficient (Wildman–Crippen LogP) is 6.65. The second kappa shape index (κ2) is 12.0. The molecule has 0 fully saturated rings. The van der Waals surface area contributed by atoms with Gasteiger partial charge in [-0.15, -0.1) is 0 Å². The summed E-state index contributed by atoms with van der Waals surface area (Å²) in [5.74, 6) is -0.341. The van der Waals surface area contributed by atoms with Gasteiger partial charge in [0.2, 0.25) is 10.0 Å². The quantitative estimate of drug-likeness (QED) is 0.211. The monoisotopic (exact) mass is 579 g/mol. The van der Waals surface area contributed by atoms with Gasteiger partial charge in [-0.1, -0.05) is 79.2 Å². The highest BCUT2D eigenvalue weighted by molar-refractivity contribution is 7.91. The molecule has 4 aromatic rings. The van der Waals surface area contributed by atoms with Crippen LogP contribution in [0, 0.1) is 26.6 Å². The zero-order valence-corrected chi connectivity index (χ0v) is 24.8. The Morgan fingerprint density at radius 2 is 1.40 bits per heavy atom. The largest absolute Gasteiger partial charge is 0.243 e. The first-order chi connectivity index (χ1) is 18.9. The average Bonchev–Trinajstić information content (AvgIpc) is 2.91. The first-order valence-corrected chi connectivity index (χ1v) is 16.2. The van der Waals surface area contributed by atoms with E-state index < -0.39 is 19.9 Å². The standard InChI is InChI=1S/C32H34FNO4S2/c1-5-39(35,36)30-11-8-10-29(21-30)27-15-13-26(14-16-27)22-34(18-17-28-9-6-7-12-31(28)33)40(37,38)32-24(3)19-23(2)20-25(32)4/h6-16,19-21H,5,17-18,22H2,1-4H3. The third-order valence-electron chi connectivity index (χ3n) is 7.01. The highest BCUT2D eigenvalue weighted by Gasteiger charge is 2.28. The van der Waals surface area contributed by atoms with E-state index in [1.165, 1.54) is 10.4 Å². The summed E-state index contributed by atoms with van der Waals surface area (Å²) in [4.78, 5) is 0.544. The molecule has 0 aliphatic rings. The summed E-state index contributed by atoms with van der Waals surface area (Å²) in [7, 11) is -7.24. The van der Waals surface area contributed by atoms with Crippen molar-refractivity contribution in [2.75, 3.05) is 12.3 Å². The van der Waals surface area contributed by atoms with Crippen molar-refractivity contribution in [3.05, 3.63) is 119 Å². The molecule has 0 aliphatic heterocycles. The predicted molar refractivity (Wildman–Crippen MR) is 158 cm³/mol. The number of hydrogen-bond donors (Lipinski definition) is 0. The van der Waals surface area contributed by atoms with Crippen LogP contribution in [0.25, 0.3) is 11.1 Å². The summed E-state index contributed by atoms with van der Waals surface area (Å²) >= 11 is 0. The molecule has 4 rings (SSSR count). The molecule has 0 radical (unpaired) electrons. The molecule has 8 heteroatoms. The maximum atomic E-state index is 14.4. The van der Waals surface area contributed by atoms with E-state index in [9.17, 15) is 21.2 Å². The molecule has 40 heavy (non-hydrogen) atoms. The van der Waals surface area contributed by atoms with E-state index in [-0.39, 0.29) is 40.9 Å². The SMILES string of the molecule is CCS(=O)(=O)c1cccc(-c2ccc(CN(CCc3ccccc3F)S(=O)(=O)c3c(C)cc(C)cc3C)cc2)c1. The minimum atomic E-state index is -3.90. The van der Waals surface area contributed by atoms with E-state index in [4.69, 9.17) is 0 Å². The van der Waals surface area contributed by atoms with Crippen molar-refractivity contribution in [1.82, 2.24) is 4.31 Å². The van der Waals surface area contributed by atoms with Gasteiger partial charge in [0.1, 0.15) is 5.82 Å². The molecule has 0 unspecified atom stereocenters. The summed E-state index contributed by atoms with van der Waals surface area (Å²) in [5.41, 5.74) is 5.13. The molecule has 4 aromatic carbocycles. The third kappa shape index (κ3) is 6.52. The number of rotatable bonds is 10. The van der Waals surface area contributed by atoms with Gasteiger partial charge in [0, 0.05) is 13.1 Å². The third-order valence-corrected chi connectivity index (χ3v) is 10.9. The van der Waals surface area contributed by atoms with Crippen LogP contribution in [0.3, 0.4) is 0 Å². The van der Waals surface area contributed by atoms with Gasteiger partial charge in [-0.2, -0.15) is 4.31 Å². The van der Waals surface area contributed by atoms with Crippen LogP contribution >= 0.6 is 0 Å². The molecule has 0 aliphatic carbocycles. The van der Waals surface area contributed by atoms with Gasteiger partial charge in [-0.3, -0.25) is 0 Å². The van der Waals surface area contributed by atoms with E-state index in [1.54, 1.807) is 57.2 Å². The number of aryl methyl sites for hydroxylation is 3. The average molecular weight is 580 g/mol. The highest BCUT2D eigenvalue weighted by Crippen LogP contribution is 2.28. The summed E-state index contributed by atoms with van der Waals surface area (Å²) < 4.78 is 68.5. The Balaban J connectivity index is 1.67. The van der Waals surface area contributed by atoms with Crippen LogP contribution in [-0.4, -0.2) is 33.4 Å². The summed E-state index contributed by atoms with van der Waals surface area (Å²) in [6.45, 7) is 7.35. The molecule has 0 heterocycles. The van der Waals surface area contributed by atoms with Gasteiger partial charge in [-0.25, -0.2) is 21.2 Å². The summed E-state index contributed by atoms with van der Waals surface area (Å²) in [6.07, 6.45) is 0.229. The normalized spacial score (nSPS) is 12.2. The molecule has 0 aromatic heterocycles. The maximum absolute atomic E-state index is 14.4. The van der Waals surface area contributed by atoms with Gasteiger partial charge in [-0.05, 0) is 78.8 Å². The van der Waals surface area contributed by atoms with Crippen LogP contribution in [-0.2, 0) is 32.8 Å². The molecule has 0 bridgehead atoms. The Morgan fingerprint density at radius 3 is 2.02 bits per heavy atom. The molecule has 5 nitrogen and oxygen atoms in total. The van der Waals surface area contributed by atoms with E-state index in [0.717, 1.165) is 22.3 Å². The van der Waals surface area contributed by atoms with E-state index in [1.807, 2.05) is 49.4 Å². The van der Waals surface area contributed by atoms with Crippen LogP contribution in [0.5, 0.6) is 0 Å². The lowest BCUT2D eigenvalue weighted by molar-refractivity contribution is 0.406. The molecular weight excluding hydrogens is 545 g/mol. The zero-order chi connectivity index (χ0) is 29.1. The second-order valence-corrected chi connectivity index (χ2v) is 14.2. The lowest BCUT2D eigenvalue weighted by Gasteiger charge is -2.25. The number of halogens is 1. The smallest absolute Gasteiger partial charge is 0.224 e. The Hall–Kier alpha value is -3.33. The number of sulfonamides is 1. The number of nitrogens with zero attached hydrogens (tertiary/aromatic N) is 1. The molecule has 0 saturated heterocycles. The van der Waals surface area contributed by atoms with Gasteiger partial charge in [0.05, 0.1) is 15.5 Å². The van der Waals surface area contributed by atoms with E-state index in [2.05, 4.69) is 0 Å². The van der Waals surface area contributed by atoms with Gasteiger partial charge >= 0.3 is 0 Å². The molecule has 0 spiro atoms. The van der Waals surface area contributed by atoms with Crippen LogP contribution in [0.15, 0.2) is 94.7 Å². The lowest BCUT2D eigenvalue weighted by Crippen LogP contribution is -2.33. The minimum Gasteiger partial charge on any atom is -0.224 e. The highest BCUT2D eigenvalue weighted by atomic mass is 32.2. The molecule has 0 amide bonds. The first kappa shape index (κ1) is 29.6.